The van der Waals surface area contributed by atoms with Crippen LogP contribution in [0.3, 0.4) is 0 Å². The number of hydrogen-bond donors (Lipinski definition) is 0. The standard InChI is InChI=1S/C17H20N4O4S/c1-12(25-14-8-5-9-18-15(14)21(23)24)16(22)20(17-19-10-11-26-17)13-6-3-2-4-7-13/h5,8-13H,2-4,6-7H2,1H3/t12-/m1/s1. The highest BCUT2D eigenvalue weighted by molar-refractivity contribution is 7.13. The molecule has 2 aromatic heterocycles. The first-order valence-electron chi connectivity index (χ1n) is 8.56. The van der Waals surface area contributed by atoms with Gasteiger partial charge in [0.15, 0.2) is 11.2 Å². The molecule has 0 aromatic carbocycles. The molecule has 0 saturated heterocycles. The number of nitrogens with zero attached hydrogens (tertiary/aromatic N) is 4. The average Bonchev–Trinajstić information content (AvgIpc) is 3.17. The first-order chi connectivity index (χ1) is 12.6. The minimum Gasteiger partial charge on any atom is -0.473 e. The number of anilines is 1. The normalized spacial score (nSPS) is 16.0. The molecule has 0 spiro atoms. The van der Waals surface area contributed by atoms with Crippen LogP contribution in [0.1, 0.15) is 39.0 Å². The summed E-state index contributed by atoms with van der Waals surface area (Å²) in [7, 11) is 0. The second-order valence-electron chi connectivity index (χ2n) is 6.16. The lowest BCUT2D eigenvalue weighted by atomic mass is 9.94. The van der Waals surface area contributed by atoms with Crippen molar-refractivity contribution in [1.82, 2.24) is 9.97 Å². The molecule has 2 heterocycles. The quantitative estimate of drug-likeness (QED) is 0.564. The van der Waals surface area contributed by atoms with Crippen molar-refractivity contribution >= 4 is 28.2 Å². The Hall–Kier alpha value is -2.55. The van der Waals surface area contributed by atoms with E-state index in [1.54, 1.807) is 24.1 Å². The Morgan fingerprint density at radius 1 is 1.35 bits per heavy atom. The highest BCUT2D eigenvalue weighted by Crippen LogP contribution is 2.31. The number of rotatable bonds is 6. The number of pyridine rings is 1. The summed E-state index contributed by atoms with van der Waals surface area (Å²) in [6.07, 6.45) is 7.26. The van der Waals surface area contributed by atoms with Gasteiger partial charge in [0, 0.05) is 17.6 Å². The lowest BCUT2D eigenvalue weighted by Gasteiger charge is -2.34. The zero-order chi connectivity index (χ0) is 18.5. The molecule has 1 amide bonds. The molecule has 1 atom stereocenters. The fraction of sp³-hybridized carbons (Fsp3) is 0.471. The highest BCUT2D eigenvalue weighted by Gasteiger charge is 2.33. The van der Waals surface area contributed by atoms with E-state index in [-0.39, 0.29) is 17.7 Å². The molecule has 0 unspecified atom stereocenters. The molecular weight excluding hydrogens is 356 g/mol. The van der Waals surface area contributed by atoms with Crippen LogP contribution < -0.4 is 9.64 Å². The maximum absolute atomic E-state index is 13.1. The maximum Gasteiger partial charge on any atom is 0.406 e. The van der Waals surface area contributed by atoms with E-state index in [2.05, 4.69) is 9.97 Å². The molecule has 1 aliphatic rings. The van der Waals surface area contributed by atoms with Gasteiger partial charge in [0.2, 0.25) is 5.75 Å². The van der Waals surface area contributed by atoms with Crippen molar-refractivity contribution in [2.24, 2.45) is 0 Å². The van der Waals surface area contributed by atoms with Crippen LogP contribution in [-0.2, 0) is 4.79 Å². The third-order valence-electron chi connectivity index (χ3n) is 4.38. The van der Waals surface area contributed by atoms with E-state index < -0.39 is 16.8 Å². The van der Waals surface area contributed by atoms with Crippen molar-refractivity contribution < 1.29 is 14.5 Å². The van der Waals surface area contributed by atoms with E-state index in [9.17, 15) is 14.9 Å². The van der Waals surface area contributed by atoms with Crippen LogP contribution in [0.5, 0.6) is 5.75 Å². The largest absolute Gasteiger partial charge is 0.473 e. The molecule has 1 saturated carbocycles. The van der Waals surface area contributed by atoms with Crippen molar-refractivity contribution in [3.8, 4) is 5.75 Å². The first kappa shape index (κ1) is 18.2. The highest BCUT2D eigenvalue weighted by atomic mass is 32.1. The summed E-state index contributed by atoms with van der Waals surface area (Å²) in [5.74, 6) is -0.656. The fourth-order valence-corrected chi connectivity index (χ4v) is 3.87. The molecular formula is C17H20N4O4S. The third kappa shape index (κ3) is 3.98. The summed E-state index contributed by atoms with van der Waals surface area (Å²) in [5.41, 5.74) is 0. The predicted octanol–water partition coefficient (Wildman–Crippen LogP) is 3.58. The number of hydrogen-bond acceptors (Lipinski definition) is 7. The zero-order valence-electron chi connectivity index (χ0n) is 14.4. The Kier molecular flexibility index (Phi) is 5.77. The lowest BCUT2D eigenvalue weighted by molar-refractivity contribution is -0.390. The Bertz CT molecular complexity index is 762. The summed E-state index contributed by atoms with van der Waals surface area (Å²) in [5, 5.41) is 13.6. The van der Waals surface area contributed by atoms with Crippen molar-refractivity contribution in [3.63, 3.8) is 0 Å². The molecule has 138 valence electrons. The van der Waals surface area contributed by atoms with E-state index in [1.807, 2.05) is 5.38 Å². The maximum atomic E-state index is 13.1. The van der Waals surface area contributed by atoms with Crippen molar-refractivity contribution in [1.29, 1.82) is 0 Å². The molecule has 1 aliphatic carbocycles. The van der Waals surface area contributed by atoms with E-state index in [0.717, 1.165) is 25.7 Å². The van der Waals surface area contributed by atoms with Crippen molar-refractivity contribution in [3.05, 3.63) is 40.0 Å². The van der Waals surface area contributed by atoms with E-state index >= 15 is 0 Å². The summed E-state index contributed by atoms with van der Waals surface area (Å²) in [4.78, 5) is 33.3. The minimum atomic E-state index is -0.885. The first-order valence-corrected chi connectivity index (χ1v) is 9.44. The molecule has 8 nitrogen and oxygen atoms in total. The van der Waals surface area contributed by atoms with Gasteiger partial charge in [-0.1, -0.05) is 19.3 Å². The van der Waals surface area contributed by atoms with Gasteiger partial charge in [-0.25, -0.2) is 4.98 Å². The van der Waals surface area contributed by atoms with Gasteiger partial charge in [0.25, 0.3) is 5.91 Å². The summed E-state index contributed by atoms with van der Waals surface area (Å²) in [6, 6.07) is 3.07. The lowest BCUT2D eigenvalue weighted by Crippen LogP contribution is -2.47. The van der Waals surface area contributed by atoms with E-state index in [4.69, 9.17) is 4.74 Å². The van der Waals surface area contributed by atoms with Crippen LogP contribution in [0.2, 0.25) is 0 Å². The molecule has 0 bridgehead atoms. The third-order valence-corrected chi connectivity index (χ3v) is 5.15. The smallest absolute Gasteiger partial charge is 0.406 e. The van der Waals surface area contributed by atoms with Gasteiger partial charge < -0.3 is 14.9 Å². The van der Waals surface area contributed by atoms with E-state index in [1.165, 1.54) is 30.0 Å². The van der Waals surface area contributed by atoms with Gasteiger partial charge in [-0.05, 0) is 41.8 Å². The number of amides is 1. The summed E-state index contributed by atoms with van der Waals surface area (Å²) < 4.78 is 5.62. The number of aromatic nitrogens is 2. The van der Waals surface area contributed by atoms with Crippen LogP contribution in [0, 0.1) is 10.1 Å². The number of carbonyl (C=O) groups is 1. The SMILES string of the molecule is C[C@@H](Oc1cccnc1[N+](=O)[O-])C(=O)N(c1nccs1)C1CCCCC1. The Morgan fingerprint density at radius 3 is 2.77 bits per heavy atom. The molecule has 2 aromatic rings. The monoisotopic (exact) mass is 376 g/mol. The minimum absolute atomic E-state index is 0.0129. The number of ether oxygens (including phenoxy) is 1. The Balaban J connectivity index is 1.81. The van der Waals surface area contributed by atoms with Crippen LogP contribution >= 0.6 is 11.3 Å². The Labute approximate surface area is 155 Å². The summed E-state index contributed by atoms with van der Waals surface area (Å²) in [6.45, 7) is 1.60. The second kappa shape index (κ2) is 8.22. The van der Waals surface area contributed by atoms with E-state index in [0.29, 0.717) is 5.13 Å². The molecule has 9 heteroatoms. The van der Waals surface area contributed by atoms with Crippen molar-refractivity contribution in [2.45, 2.75) is 51.2 Å². The molecule has 26 heavy (non-hydrogen) atoms. The van der Waals surface area contributed by atoms with Gasteiger partial charge in [0.1, 0.15) is 6.20 Å². The average molecular weight is 376 g/mol. The van der Waals surface area contributed by atoms with Crippen molar-refractivity contribution in [2.75, 3.05) is 4.90 Å². The summed E-state index contributed by atoms with van der Waals surface area (Å²) >= 11 is 1.40. The van der Waals surface area contributed by atoms with Gasteiger partial charge >= 0.3 is 5.82 Å². The zero-order valence-corrected chi connectivity index (χ0v) is 15.2. The van der Waals surface area contributed by atoms with Crippen LogP contribution in [0.25, 0.3) is 0 Å². The van der Waals surface area contributed by atoms with Gasteiger partial charge in [-0.15, -0.1) is 11.3 Å². The molecule has 0 aliphatic heterocycles. The predicted molar refractivity (Wildman–Crippen MR) is 97.5 cm³/mol. The van der Waals surface area contributed by atoms with Gasteiger partial charge in [0.05, 0.1) is 0 Å². The second-order valence-corrected chi connectivity index (χ2v) is 7.03. The van der Waals surface area contributed by atoms with Crippen LogP contribution in [-0.4, -0.2) is 32.9 Å². The molecule has 0 radical (unpaired) electrons. The van der Waals surface area contributed by atoms with Gasteiger partial charge in [-0.3, -0.25) is 9.69 Å². The number of thiazole rings is 1. The topological polar surface area (TPSA) is 98.5 Å². The van der Waals surface area contributed by atoms with Crippen LogP contribution in [0.15, 0.2) is 29.9 Å². The van der Waals surface area contributed by atoms with Crippen LogP contribution in [0.4, 0.5) is 10.9 Å². The Morgan fingerprint density at radius 2 is 2.12 bits per heavy atom. The molecule has 1 fully saturated rings. The molecule has 3 rings (SSSR count). The number of nitro groups is 1. The molecule has 0 N–H and O–H groups in total. The number of carbonyl (C=O) groups excluding carboxylic acids is 1. The van der Waals surface area contributed by atoms with Gasteiger partial charge in [-0.2, -0.15) is 0 Å². The fourth-order valence-electron chi connectivity index (χ4n) is 3.15.